The zero-order chi connectivity index (χ0) is 10.8. The van der Waals surface area contributed by atoms with E-state index in [4.69, 9.17) is 11.6 Å². The second-order valence-corrected chi connectivity index (χ2v) is 4.12. The molecular weight excluding hydrogens is 210 g/mol. The molecule has 1 rings (SSSR count). The lowest BCUT2D eigenvalue weighted by Crippen LogP contribution is -2.40. The summed E-state index contributed by atoms with van der Waals surface area (Å²) in [7, 11) is 0. The van der Waals surface area contributed by atoms with Gasteiger partial charge in [-0.1, -0.05) is 12.2 Å². The van der Waals surface area contributed by atoms with Gasteiger partial charge in [-0.3, -0.25) is 4.79 Å². The molecular formula is C10H13ClF2O. The third kappa shape index (κ3) is 2.32. The van der Waals surface area contributed by atoms with Crippen molar-refractivity contribution in [1.82, 2.24) is 0 Å². The molecule has 0 amide bonds. The molecule has 0 heterocycles. The Labute approximate surface area is 87.1 Å². The van der Waals surface area contributed by atoms with Crippen LogP contribution in [0.1, 0.15) is 32.6 Å². The minimum Gasteiger partial charge on any atom is -0.278 e. The molecule has 0 aromatic carbocycles. The van der Waals surface area contributed by atoms with Gasteiger partial charge in [-0.2, -0.15) is 0 Å². The second-order valence-electron chi connectivity index (χ2n) is 3.77. The summed E-state index contributed by atoms with van der Waals surface area (Å²) < 4.78 is 27.4. The summed E-state index contributed by atoms with van der Waals surface area (Å²) in [5, 5.41) is -1.000. The lowest BCUT2D eigenvalue weighted by molar-refractivity contribution is -0.125. The molecule has 0 N–H and O–H groups in total. The van der Waals surface area contributed by atoms with Crippen LogP contribution in [0.5, 0.6) is 0 Å². The summed E-state index contributed by atoms with van der Waals surface area (Å²) in [4.78, 5) is 10.7. The van der Waals surface area contributed by atoms with Crippen molar-refractivity contribution >= 4 is 16.8 Å². The van der Waals surface area contributed by atoms with Gasteiger partial charge in [0.15, 0.2) is 5.67 Å². The van der Waals surface area contributed by atoms with E-state index in [1.165, 1.54) is 6.08 Å². The smallest absolute Gasteiger partial charge is 0.258 e. The van der Waals surface area contributed by atoms with Crippen LogP contribution in [0.15, 0.2) is 12.2 Å². The molecule has 0 aliphatic heterocycles. The van der Waals surface area contributed by atoms with E-state index in [0.717, 1.165) is 0 Å². The number of carbonyl (C=O) groups is 1. The summed E-state index contributed by atoms with van der Waals surface area (Å²) in [6, 6.07) is 0. The first-order valence-corrected chi connectivity index (χ1v) is 5.01. The van der Waals surface area contributed by atoms with Crippen molar-refractivity contribution < 1.29 is 13.6 Å². The predicted molar refractivity (Wildman–Crippen MR) is 51.8 cm³/mol. The van der Waals surface area contributed by atoms with Crippen molar-refractivity contribution in [1.29, 1.82) is 0 Å². The molecule has 0 aromatic heterocycles. The average Bonchev–Trinajstić information content (AvgIpc) is 2.11. The SMILES string of the molecule is C/C=C/C1(F)CCC(F)(C(=O)Cl)CC1. The fourth-order valence-corrected chi connectivity index (χ4v) is 1.91. The number of carbonyl (C=O) groups excluding carboxylic acids is 1. The van der Waals surface area contributed by atoms with E-state index in [1.54, 1.807) is 13.0 Å². The fraction of sp³-hybridized carbons (Fsp3) is 0.700. The minimum absolute atomic E-state index is 0.0201. The van der Waals surface area contributed by atoms with Gasteiger partial charge in [-0.05, 0) is 44.2 Å². The maximum atomic E-state index is 13.8. The standard InChI is InChI=1S/C10H13ClF2O/c1-2-3-9(12)4-6-10(13,7-5-9)8(11)14/h2-3H,4-7H2,1H3/b3-2+. The Morgan fingerprint density at radius 3 is 2.14 bits per heavy atom. The van der Waals surface area contributed by atoms with Crippen LogP contribution in [0.2, 0.25) is 0 Å². The second kappa shape index (κ2) is 3.97. The summed E-state index contributed by atoms with van der Waals surface area (Å²) in [6.07, 6.45) is 2.81. The first-order valence-electron chi connectivity index (χ1n) is 4.63. The first-order chi connectivity index (χ1) is 6.42. The molecule has 1 fully saturated rings. The normalized spacial score (nSPS) is 38.9. The number of alkyl halides is 2. The topological polar surface area (TPSA) is 17.1 Å². The maximum Gasteiger partial charge on any atom is 0.258 e. The molecule has 4 heteroatoms. The van der Waals surface area contributed by atoms with Gasteiger partial charge in [0, 0.05) is 0 Å². The number of rotatable bonds is 2. The number of halogens is 3. The zero-order valence-corrected chi connectivity index (χ0v) is 8.78. The van der Waals surface area contributed by atoms with Gasteiger partial charge in [-0.25, -0.2) is 8.78 Å². The minimum atomic E-state index is -2.02. The molecule has 0 spiro atoms. The van der Waals surface area contributed by atoms with E-state index in [-0.39, 0.29) is 25.7 Å². The number of allylic oxidation sites excluding steroid dienone is 2. The van der Waals surface area contributed by atoms with Crippen molar-refractivity contribution in [2.45, 2.75) is 43.9 Å². The highest BCUT2D eigenvalue weighted by Gasteiger charge is 2.46. The summed E-state index contributed by atoms with van der Waals surface area (Å²) >= 11 is 5.11. The highest BCUT2D eigenvalue weighted by Crippen LogP contribution is 2.41. The van der Waals surface area contributed by atoms with Crippen molar-refractivity contribution in [2.24, 2.45) is 0 Å². The summed E-state index contributed by atoms with van der Waals surface area (Å²) in [6.45, 7) is 1.71. The van der Waals surface area contributed by atoms with Crippen molar-refractivity contribution in [3.05, 3.63) is 12.2 Å². The van der Waals surface area contributed by atoms with Crippen LogP contribution < -0.4 is 0 Å². The van der Waals surface area contributed by atoms with Crippen LogP contribution in [0.25, 0.3) is 0 Å². The highest BCUT2D eigenvalue weighted by atomic mass is 35.5. The molecule has 0 aromatic rings. The Kier molecular flexibility index (Phi) is 3.30. The Bertz CT molecular complexity index is 255. The largest absolute Gasteiger partial charge is 0.278 e. The first kappa shape index (κ1) is 11.6. The monoisotopic (exact) mass is 222 g/mol. The maximum absolute atomic E-state index is 13.8. The Balaban J connectivity index is 2.66. The molecule has 0 saturated heterocycles. The van der Waals surface area contributed by atoms with Crippen LogP contribution in [0.4, 0.5) is 8.78 Å². The van der Waals surface area contributed by atoms with E-state index in [0.29, 0.717) is 0 Å². The summed E-state index contributed by atoms with van der Waals surface area (Å²) in [5.41, 5.74) is -3.48. The van der Waals surface area contributed by atoms with Gasteiger partial charge in [0.1, 0.15) is 5.67 Å². The molecule has 0 radical (unpaired) electrons. The van der Waals surface area contributed by atoms with E-state index in [1.807, 2.05) is 0 Å². The lowest BCUT2D eigenvalue weighted by Gasteiger charge is -2.34. The molecule has 0 unspecified atom stereocenters. The highest BCUT2D eigenvalue weighted by molar-refractivity contribution is 6.65. The van der Waals surface area contributed by atoms with Crippen LogP contribution in [-0.4, -0.2) is 16.6 Å². The van der Waals surface area contributed by atoms with E-state index < -0.39 is 16.6 Å². The van der Waals surface area contributed by atoms with E-state index >= 15 is 0 Å². The van der Waals surface area contributed by atoms with Gasteiger partial charge in [0.2, 0.25) is 0 Å². The van der Waals surface area contributed by atoms with E-state index in [2.05, 4.69) is 0 Å². The average molecular weight is 223 g/mol. The van der Waals surface area contributed by atoms with Gasteiger partial charge >= 0.3 is 0 Å². The molecule has 0 atom stereocenters. The van der Waals surface area contributed by atoms with Crippen molar-refractivity contribution in [3.63, 3.8) is 0 Å². The Hall–Kier alpha value is -0.440. The third-order valence-corrected chi connectivity index (χ3v) is 3.03. The Morgan fingerprint density at radius 2 is 1.79 bits per heavy atom. The van der Waals surface area contributed by atoms with Gasteiger partial charge in [0.25, 0.3) is 5.24 Å². The van der Waals surface area contributed by atoms with Crippen LogP contribution in [0.3, 0.4) is 0 Å². The molecule has 0 bridgehead atoms. The Morgan fingerprint density at radius 1 is 1.29 bits per heavy atom. The van der Waals surface area contributed by atoms with Crippen molar-refractivity contribution in [2.75, 3.05) is 0 Å². The van der Waals surface area contributed by atoms with Crippen LogP contribution >= 0.6 is 11.6 Å². The van der Waals surface area contributed by atoms with Crippen molar-refractivity contribution in [3.8, 4) is 0 Å². The molecule has 80 valence electrons. The van der Waals surface area contributed by atoms with Crippen LogP contribution in [-0.2, 0) is 4.79 Å². The number of hydrogen-bond acceptors (Lipinski definition) is 1. The predicted octanol–water partition coefficient (Wildman–Crippen LogP) is 3.32. The van der Waals surface area contributed by atoms with Crippen LogP contribution in [0, 0.1) is 0 Å². The summed E-state index contributed by atoms with van der Waals surface area (Å²) in [5.74, 6) is 0. The zero-order valence-electron chi connectivity index (χ0n) is 8.03. The van der Waals surface area contributed by atoms with Gasteiger partial charge < -0.3 is 0 Å². The molecule has 14 heavy (non-hydrogen) atoms. The molecule has 1 aliphatic rings. The molecule has 1 saturated carbocycles. The molecule has 1 nitrogen and oxygen atoms in total. The quantitative estimate of drug-likeness (QED) is 0.518. The fourth-order valence-electron chi connectivity index (χ4n) is 1.72. The number of hydrogen-bond donors (Lipinski definition) is 0. The van der Waals surface area contributed by atoms with E-state index in [9.17, 15) is 13.6 Å². The molecule has 1 aliphatic carbocycles. The van der Waals surface area contributed by atoms with Gasteiger partial charge in [0.05, 0.1) is 0 Å². The van der Waals surface area contributed by atoms with Gasteiger partial charge in [-0.15, -0.1) is 0 Å². The third-order valence-electron chi connectivity index (χ3n) is 2.69. The lowest BCUT2D eigenvalue weighted by atomic mass is 9.78.